The number of benzene rings is 1. The summed E-state index contributed by atoms with van der Waals surface area (Å²) in [5.74, 6) is -0.446. The number of rotatable bonds is 1. The van der Waals surface area contributed by atoms with E-state index in [2.05, 4.69) is 41.6 Å². The second-order valence-electron chi connectivity index (χ2n) is 3.12. The Labute approximate surface area is 109 Å². The van der Waals surface area contributed by atoms with Gasteiger partial charge in [0.1, 0.15) is 5.69 Å². The van der Waals surface area contributed by atoms with Crippen molar-refractivity contribution in [3.8, 4) is 0 Å². The second-order valence-corrected chi connectivity index (χ2v) is 4.83. The predicted molar refractivity (Wildman–Crippen MR) is 68.5 cm³/mol. The Hall–Kier alpha value is -0.940. The molecule has 0 amide bonds. The number of para-hydroxylation sites is 1. The summed E-state index contributed by atoms with van der Waals surface area (Å²) in [5.41, 5.74) is 1.02. The van der Waals surface area contributed by atoms with Crippen LogP contribution in [0.15, 0.2) is 33.2 Å². The van der Waals surface area contributed by atoms with Gasteiger partial charge in [0.15, 0.2) is 0 Å². The van der Waals surface area contributed by atoms with Crippen LogP contribution in [0.1, 0.15) is 10.5 Å². The smallest absolute Gasteiger partial charge is 0.356 e. The third kappa shape index (κ3) is 1.97. The van der Waals surface area contributed by atoms with Crippen LogP contribution in [0.25, 0.3) is 10.9 Å². The fourth-order valence-corrected chi connectivity index (χ4v) is 2.37. The van der Waals surface area contributed by atoms with Crippen LogP contribution in [0.5, 0.6) is 0 Å². The topological polar surface area (TPSA) is 39.2 Å². The Morgan fingerprint density at radius 2 is 2.06 bits per heavy atom. The molecule has 3 nitrogen and oxygen atoms in total. The number of pyridine rings is 1. The highest BCUT2D eigenvalue weighted by atomic mass is 79.9. The zero-order valence-electron chi connectivity index (χ0n) is 8.33. The highest BCUT2D eigenvalue weighted by Gasteiger charge is 2.12. The van der Waals surface area contributed by atoms with Crippen molar-refractivity contribution in [3.05, 3.63) is 38.9 Å². The Morgan fingerprint density at radius 1 is 1.31 bits per heavy atom. The molecular formula is C11H7Br2NO2. The van der Waals surface area contributed by atoms with Crippen LogP contribution in [0, 0.1) is 0 Å². The van der Waals surface area contributed by atoms with Crippen LogP contribution in [-0.4, -0.2) is 18.1 Å². The molecule has 0 radical (unpaired) electrons. The van der Waals surface area contributed by atoms with Gasteiger partial charge < -0.3 is 4.74 Å². The van der Waals surface area contributed by atoms with Gasteiger partial charge in [0.05, 0.1) is 12.6 Å². The van der Waals surface area contributed by atoms with Gasteiger partial charge in [0, 0.05) is 14.3 Å². The Bertz CT molecular complexity index is 569. The number of halogens is 2. The van der Waals surface area contributed by atoms with E-state index in [0.717, 1.165) is 19.8 Å². The molecule has 0 spiro atoms. The molecule has 0 saturated carbocycles. The van der Waals surface area contributed by atoms with Gasteiger partial charge in [-0.05, 0) is 28.1 Å². The molecule has 5 heteroatoms. The molecule has 1 heterocycles. The van der Waals surface area contributed by atoms with Gasteiger partial charge in [0.25, 0.3) is 0 Å². The number of aromatic nitrogens is 1. The van der Waals surface area contributed by atoms with E-state index in [1.165, 1.54) is 7.11 Å². The van der Waals surface area contributed by atoms with E-state index < -0.39 is 5.97 Å². The van der Waals surface area contributed by atoms with Crippen molar-refractivity contribution in [2.45, 2.75) is 0 Å². The van der Waals surface area contributed by atoms with Gasteiger partial charge in [-0.2, -0.15) is 0 Å². The SMILES string of the molecule is COC(=O)c1cc(Br)c2cccc(Br)c2n1. The number of hydrogen-bond acceptors (Lipinski definition) is 3. The van der Waals surface area contributed by atoms with Gasteiger partial charge in [-0.25, -0.2) is 9.78 Å². The van der Waals surface area contributed by atoms with Crippen molar-refractivity contribution in [3.63, 3.8) is 0 Å². The predicted octanol–water partition coefficient (Wildman–Crippen LogP) is 3.55. The number of carbonyl (C=O) groups is 1. The molecule has 0 aliphatic rings. The van der Waals surface area contributed by atoms with Crippen LogP contribution in [0.3, 0.4) is 0 Å². The lowest BCUT2D eigenvalue weighted by atomic mass is 10.2. The van der Waals surface area contributed by atoms with Gasteiger partial charge in [-0.15, -0.1) is 0 Å². The van der Waals surface area contributed by atoms with Crippen LogP contribution in [-0.2, 0) is 4.74 Å². The van der Waals surface area contributed by atoms with E-state index in [4.69, 9.17) is 0 Å². The van der Waals surface area contributed by atoms with Crippen molar-refractivity contribution in [1.82, 2.24) is 4.98 Å². The number of carbonyl (C=O) groups excluding carboxylic acids is 1. The summed E-state index contributed by atoms with van der Waals surface area (Å²) < 4.78 is 6.31. The molecule has 0 unspecified atom stereocenters. The Kier molecular flexibility index (Phi) is 3.25. The third-order valence-electron chi connectivity index (χ3n) is 2.13. The Morgan fingerprint density at radius 3 is 2.75 bits per heavy atom. The maximum absolute atomic E-state index is 11.4. The number of hydrogen-bond donors (Lipinski definition) is 0. The van der Waals surface area contributed by atoms with Gasteiger partial charge in [-0.3, -0.25) is 0 Å². The van der Waals surface area contributed by atoms with Crippen LogP contribution in [0.2, 0.25) is 0 Å². The normalized spacial score (nSPS) is 10.4. The number of ether oxygens (including phenoxy) is 1. The molecule has 0 saturated heterocycles. The van der Waals surface area contributed by atoms with Crippen molar-refractivity contribution >= 4 is 48.7 Å². The minimum atomic E-state index is -0.446. The maximum Gasteiger partial charge on any atom is 0.356 e. The molecule has 0 bridgehead atoms. The highest BCUT2D eigenvalue weighted by molar-refractivity contribution is 9.11. The van der Waals surface area contributed by atoms with Crippen LogP contribution >= 0.6 is 31.9 Å². The maximum atomic E-state index is 11.4. The van der Waals surface area contributed by atoms with Crippen LogP contribution in [0.4, 0.5) is 0 Å². The zero-order valence-corrected chi connectivity index (χ0v) is 11.5. The highest BCUT2D eigenvalue weighted by Crippen LogP contribution is 2.28. The molecule has 1 aromatic carbocycles. The van der Waals surface area contributed by atoms with E-state index in [9.17, 15) is 4.79 Å². The molecule has 0 fully saturated rings. The molecule has 1 aromatic heterocycles. The van der Waals surface area contributed by atoms with Crippen molar-refractivity contribution < 1.29 is 9.53 Å². The number of methoxy groups -OCH3 is 1. The molecule has 16 heavy (non-hydrogen) atoms. The van der Waals surface area contributed by atoms with Crippen LogP contribution < -0.4 is 0 Å². The van der Waals surface area contributed by atoms with Crippen molar-refractivity contribution in [2.75, 3.05) is 7.11 Å². The lowest BCUT2D eigenvalue weighted by molar-refractivity contribution is 0.0594. The zero-order chi connectivity index (χ0) is 11.7. The first kappa shape index (κ1) is 11.5. The summed E-state index contributed by atoms with van der Waals surface area (Å²) in [5, 5.41) is 0.946. The summed E-state index contributed by atoms with van der Waals surface area (Å²) in [6.45, 7) is 0. The molecule has 2 rings (SSSR count). The lowest BCUT2D eigenvalue weighted by Gasteiger charge is -2.05. The van der Waals surface area contributed by atoms with Gasteiger partial charge in [0.2, 0.25) is 0 Å². The first-order valence-corrected chi connectivity index (χ1v) is 6.05. The summed E-state index contributed by atoms with van der Waals surface area (Å²) in [6.07, 6.45) is 0. The minimum Gasteiger partial charge on any atom is -0.464 e. The summed E-state index contributed by atoms with van der Waals surface area (Å²) in [6, 6.07) is 7.37. The molecule has 0 N–H and O–H groups in total. The average molecular weight is 345 g/mol. The molecule has 0 aliphatic heterocycles. The number of fused-ring (bicyclic) bond motifs is 1. The van der Waals surface area contributed by atoms with E-state index in [0.29, 0.717) is 0 Å². The summed E-state index contributed by atoms with van der Waals surface area (Å²) >= 11 is 6.81. The first-order chi connectivity index (χ1) is 7.63. The molecular weight excluding hydrogens is 338 g/mol. The summed E-state index contributed by atoms with van der Waals surface area (Å²) in [7, 11) is 1.34. The monoisotopic (exact) mass is 343 g/mol. The van der Waals surface area contributed by atoms with Crippen molar-refractivity contribution in [1.29, 1.82) is 0 Å². The molecule has 0 atom stereocenters. The number of esters is 1. The first-order valence-electron chi connectivity index (χ1n) is 4.46. The second kappa shape index (κ2) is 4.51. The Balaban J connectivity index is 2.75. The number of nitrogens with zero attached hydrogens (tertiary/aromatic N) is 1. The standard InChI is InChI=1S/C11H7Br2NO2/c1-16-11(15)9-5-8(13)6-3-2-4-7(12)10(6)14-9/h2-5H,1H3. The van der Waals surface area contributed by atoms with E-state index in [1.54, 1.807) is 6.07 Å². The molecule has 82 valence electrons. The van der Waals surface area contributed by atoms with E-state index in [-0.39, 0.29) is 5.69 Å². The minimum absolute atomic E-state index is 0.286. The fourth-order valence-electron chi connectivity index (χ4n) is 1.38. The average Bonchev–Trinajstić information content (AvgIpc) is 2.29. The van der Waals surface area contributed by atoms with Gasteiger partial charge in [-0.1, -0.05) is 28.1 Å². The van der Waals surface area contributed by atoms with Crippen molar-refractivity contribution in [2.24, 2.45) is 0 Å². The third-order valence-corrected chi connectivity index (χ3v) is 3.43. The lowest BCUT2D eigenvalue weighted by Crippen LogP contribution is -2.04. The van der Waals surface area contributed by atoms with Gasteiger partial charge >= 0.3 is 5.97 Å². The largest absolute Gasteiger partial charge is 0.464 e. The summed E-state index contributed by atoms with van der Waals surface area (Å²) in [4.78, 5) is 15.7. The van der Waals surface area contributed by atoms with E-state index >= 15 is 0 Å². The quantitative estimate of drug-likeness (QED) is 0.743. The molecule has 2 aromatic rings. The van der Waals surface area contributed by atoms with E-state index in [1.807, 2.05) is 18.2 Å². The molecule has 0 aliphatic carbocycles. The fraction of sp³-hybridized carbons (Fsp3) is 0.0909.